The van der Waals surface area contributed by atoms with Crippen LogP contribution in [0.4, 0.5) is 13.2 Å². The van der Waals surface area contributed by atoms with E-state index >= 15 is 0 Å². The van der Waals surface area contributed by atoms with E-state index < -0.39 is 23.8 Å². The number of benzene rings is 3. The van der Waals surface area contributed by atoms with E-state index in [4.69, 9.17) is 19.3 Å². The van der Waals surface area contributed by atoms with Crippen molar-refractivity contribution in [2.24, 2.45) is 0 Å². The highest BCUT2D eigenvalue weighted by molar-refractivity contribution is 5.73. The summed E-state index contributed by atoms with van der Waals surface area (Å²) in [5.74, 6) is -0.204. The zero-order valence-corrected chi connectivity index (χ0v) is 18.2. The molecule has 0 bridgehead atoms. The van der Waals surface area contributed by atoms with Crippen LogP contribution in [0.3, 0.4) is 0 Å². The lowest BCUT2D eigenvalue weighted by Crippen LogP contribution is -2.25. The van der Waals surface area contributed by atoms with Gasteiger partial charge in [-0.05, 0) is 47.0 Å². The molecular weight excluding hydrogens is 453 g/mol. The molecule has 1 unspecified atom stereocenters. The van der Waals surface area contributed by atoms with E-state index in [2.05, 4.69) is 0 Å². The molecule has 0 radical (unpaired) electrons. The summed E-state index contributed by atoms with van der Waals surface area (Å²) in [5, 5.41) is 19.2. The number of aliphatic hydroxyl groups excluding tert-OH is 1. The first-order chi connectivity index (χ1) is 16.2. The number of hydrogen-bond acceptors (Lipinski definition) is 5. The van der Waals surface area contributed by atoms with Crippen LogP contribution in [0.25, 0.3) is 11.1 Å². The van der Waals surface area contributed by atoms with Crippen molar-refractivity contribution in [1.29, 1.82) is 0 Å². The molecule has 0 amide bonds. The van der Waals surface area contributed by atoms with E-state index in [1.54, 1.807) is 36.4 Å². The largest absolute Gasteiger partial charge is 0.493 e. The summed E-state index contributed by atoms with van der Waals surface area (Å²) in [6.07, 6.45) is -5.72. The van der Waals surface area contributed by atoms with Gasteiger partial charge in [0.05, 0.1) is 19.1 Å². The Morgan fingerprint density at radius 2 is 1.62 bits per heavy atom. The molecule has 0 aromatic heterocycles. The number of hydrogen-bond donors (Lipinski definition) is 2. The van der Waals surface area contributed by atoms with E-state index in [1.165, 1.54) is 19.2 Å². The summed E-state index contributed by atoms with van der Waals surface area (Å²) in [7, 11) is 1.46. The Hall–Kier alpha value is -3.72. The molecule has 3 aromatic rings. The van der Waals surface area contributed by atoms with Gasteiger partial charge >= 0.3 is 12.1 Å². The number of methoxy groups -OCH3 is 1. The van der Waals surface area contributed by atoms with Crippen molar-refractivity contribution in [2.45, 2.75) is 18.7 Å². The summed E-state index contributed by atoms with van der Waals surface area (Å²) in [6.45, 7) is -0.474. The van der Waals surface area contributed by atoms with Gasteiger partial charge in [0, 0.05) is 0 Å². The lowest BCUT2D eigenvalue weighted by atomic mass is 10.0. The second-order valence-corrected chi connectivity index (χ2v) is 7.44. The predicted molar refractivity (Wildman–Crippen MR) is 118 cm³/mol. The second-order valence-electron chi connectivity index (χ2n) is 7.44. The van der Waals surface area contributed by atoms with Gasteiger partial charge in [0.25, 0.3) is 0 Å². The normalized spacial score (nSPS) is 12.1. The Labute approximate surface area is 194 Å². The van der Waals surface area contributed by atoms with E-state index in [0.717, 1.165) is 23.3 Å². The molecule has 0 aliphatic heterocycles. The van der Waals surface area contributed by atoms with Gasteiger partial charge in [-0.3, -0.25) is 4.79 Å². The van der Waals surface area contributed by atoms with Gasteiger partial charge in [-0.1, -0.05) is 36.4 Å². The first kappa shape index (κ1) is 24.9. The Kier molecular flexibility index (Phi) is 8.01. The van der Waals surface area contributed by atoms with Crippen molar-refractivity contribution >= 4 is 5.97 Å². The molecule has 9 heteroatoms. The van der Waals surface area contributed by atoms with Crippen LogP contribution in [0.15, 0.2) is 66.7 Å². The van der Waals surface area contributed by atoms with Crippen LogP contribution in [-0.4, -0.2) is 42.6 Å². The smallest absolute Gasteiger partial charge is 0.416 e. The van der Waals surface area contributed by atoms with Crippen LogP contribution in [-0.2, 0) is 17.4 Å². The Morgan fingerprint density at radius 1 is 0.912 bits per heavy atom. The summed E-state index contributed by atoms with van der Waals surface area (Å²) < 4.78 is 54.7. The summed E-state index contributed by atoms with van der Waals surface area (Å²) in [5.41, 5.74) is 1.33. The minimum atomic E-state index is -4.49. The molecule has 0 spiro atoms. The molecule has 0 aliphatic carbocycles. The van der Waals surface area contributed by atoms with Gasteiger partial charge in [0.15, 0.2) is 11.5 Å². The molecular formula is C25H23F3O6. The number of carboxylic acids is 1. The van der Waals surface area contributed by atoms with Gasteiger partial charge in [-0.2, -0.15) is 13.2 Å². The number of ether oxygens (including phenoxy) is 3. The Balaban J connectivity index is 1.65. The monoisotopic (exact) mass is 476 g/mol. The highest BCUT2D eigenvalue weighted by atomic mass is 19.4. The fourth-order valence-electron chi connectivity index (χ4n) is 3.19. The van der Waals surface area contributed by atoms with E-state index in [1.807, 2.05) is 6.07 Å². The third kappa shape index (κ3) is 6.89. The standard InChI is InChI=1S/C25H23F3O6/c1-32-22-9-8-18(17-5-2-4-16(10-17)11-24(30)31)12-23(22)34-15-20(29)14-33-21-7-3-6-19(13-21)25(26,27)28/h2-10,12-13,20,29H,11,14-15H2,1H3,(H,30,31). The molecule has 0 saturated heterocycles. The average molecular weight is 476 g/mol. The van der Waals surface area contributed by atoms with Crippen LogP contribution in [0.5, 0.6) is 17.2 Å². The molecule has 0 fully saturated rings. The van der Waals surface area contributed by atoms with E-state index in [9.17, 15) is 23.1 Å². The van der Waals surface area contributed by atoms with Gasteiger partial charge in [0.1, 0.15) is 25.1 Å². The first-order valence-corrected chi connectivity index (χ1v) is 10.3. The molecule has 1 atom stereocenters. The van der Waals surface area contributed by atoms with Gasteiger partial charge in [-0.25, -0.2) is 0 Å². The molecule has 3 rings (SSSR count). The number of alkyl halides is 3. The number of carboxylic acid groups (broad SMARTS) is 1. The molecule has 6 nitrogen and oxygen atoms in total. The third-order valence-corrected chi connectivity index (χ3v) is 4.81. The zero-order valence-electron chi connectivity index (χ0n) is 18.2. The fourth-order valence-corrected chi connectivity index (χ4v) is 3.19. The maximum absolute atomic E-state index is 12.8. The molecule has 3 aromatic carbocycles. The quantitative estimate of drug-likeness (QED) is 0.436. The van der Waals surface area contributed by atoms with E-state index in [0.29, 0.717) is 17.1 Å². The van der Waals surface area contributed by atoms with Crippen molar-refractivity contribution in [1.82, 2.24) is 0 Å². The predicted octanol–water partition coefficient (Wildman–Crippen LogP) is 4.83. The lowest BCUT2D eigenvalue weighted by Gasteiger charge is -2.17. The number of halogens is 3. The van der Waals surface area contributed by atoms with E-state index in [-0.39, 0.29) is 25.4 Å². The van der Waals surface area contributed by atoms with Gasteiger partial charge in [0.2, 0.25) is 0 Å². The van der Waals surface area contributed by atoms with Crippen LogP contribution in [0.1, 0.15) is 11.1 Å². The van der Waals surface area contributed by atoms with Crippen molar-refractivity contribution in [3.05, 3.63) is 77.9 Å². The molecule has 0 heterocycles. The van der Waals surface area contributed by atoms with Gasteiger partial charge in [-0.15, -0.1) is 0 Å². The first-order valence-electron chi connectivity index (χ1n) is 10.3. The van der Waals surface area contributed by atoms with Crippen molar-refractivity contribution in [3.8, 4) is 28.4 Å². The number of aliphatic carboxylic acids is 1. The highest BCUT2D eigenvalue weighted by Gasteiger charge is 2.30. The maximum atomic E-state index is 12.8. The molecule has 0 aliphatic rings. The lowest BCUT2D eigenvalue weighted by molar-refractivity contribution is -0.138. The van der Waals surface area contributed by atoms with Crippen LogP contribution >= 0.6 is 0 Å². The van der Waals surface area contributed by atoms with Crippen molar-refractivity contribution < 1.29 is 42.4 Å². The fraction of sp³-hybridized carbons (Fsp3) is 0.240. The zero-order chi connectivity index (χ0) is 24.7. The summed E-state index contributed by atoms with van der Waals surface area (Å²) >= 11 is 0. The SMILES string of the molecule is COc1ccc(-c2cccc(CC(=O)O)c2)cc1OCC(O)COc1cccc(C(F)(F)F)c1. The number of rotatable bonds is 10. The van der Waals surface area contributed by atoms with Crippen molar-refractivity contribution in [3.63, 3.8) is 0 Å². The average Bonchev–Trinajstić information content (AvgIpc) is 2.80. The Bertz CT molecular complexity index is 1130. The molecule has 2 N–H and O–H groups in total. The highest BCUT2D eigenvalue weighted by Crippen LogP contribution is 2.33. The van der Waals surface area contributed by atoms with Crippen LogP contribution in [0, 0.1) is 0 Å². The Morgan fingerprint density at radius 3 is 2.32 bits per heavy atom. The van der Waals surface area contributed by atoms with Crippen LogP contribution < -0.4 is 14.2 Å². The maximum Gasteiger partial charge on any atom is 0.416 e. The van der Waals surface area contributed by atoms with Gasteiger partial charge < -0.3 is 24.4 Å². The summed E-state index contributed by atoms with van der Waals surface area (Å²) in [4.78, 5) is 11.0. The van der Waals surface area contributed by atoms with Crippen LogP contribution in [0.2, 0.25) is 0 Å². The minimum Gasteiger partial charge on any atom is -0.493 e. The molecule has 180 valence electrons. The number of carbonyl (C=O) groups is 1. The van der Waals surface area contributed by atoms with Crippen molar-refractivity contribution in [2.75, 3.05) is 20.3 Å². The third-order valence-electron chi connectivity index (χ3n) is 4.81. The second kappa shape index (κ2) is 10.9. The number of aliphatic hydroxyl groups is 1. The molecule has 34 heavy (non-hydrogen) atoms. The minimum absolute atomic E-state index is 0.0188. The summed E-state index contributed by atoms with van der Waals surface area (Å²) in [6, 6.07) is 16.6. The molecule has 0 saturated carbocycles. The topological polar surface area (TPSA) is 85.2 Å².